The predicted octanol–water partition coefficient (Wildman–Crippen LogP) is 11.5. The van der Waals surface area contributed by atoms with E-state index in [0.29, 0.717) is 12.8 Å². The zero-order valence-electron chi connectivity index (χ0n) is 29.4. The van der Waals surface area contributed by atoms with Crippen molar-refractivity contribution in [3.63, 3.8) is 0 Å². The number of hydrogen-bond acceptors (Lipinski definition) is 5. The van der Waals surface area contributed by atoms with Crippen LogP contribution in [0.25, 0.3) is 0 Å². The first-order valence-corrected chi connectivity index (χ1v) is 18.7. The summed E-state index contributed by atoms with van der Waals surface area (Å²) in [5, 5.41) is 9.53. The summed E-state index contributed by atoms with van der Waals surface area (Å²) < 4.78 is 10.6. The Morgan fingerprint density at radius 2 is 0.956 bits per heavy atom. The summed E-state index contributed by atoms with van der Waals surface area (Å²) in [4.78, 5) is 24.2. The molecule has 5 nitrogen and oxygen atoms in total. The van der Waals surface area contributed by atoms with Crippen molar-refractivity contribution >= 4 is 11.9 Å². The maximum atomic E-state index is 12.1. The standard InChI is InChI=1S/C40H70O5/c1-3-5-7-9-11-13-15-17-19-20-21-23-25-27-29-31-33-35-40(43)45-38(36-41)37-44-39(42)34-32-30-28-26-24-22-18-16-14-12-10-8-6-4-2/h5,7,11,13,17,19,21,23,38,41H,3-4,6,8-10,12,14-16,18,20,22,24-37H2,1-2H3/b7-5-,13-11-,19-17-,23-21-. The van der Waals surface area contributed by atoms with Crippen LogP contribution in [-0.4, -0.2) is 36.4 Å². The second kappa shape index (κ2) is 36.3. The Hall–Kier alpha value is -2.14. The van der Waals surface area contributed by atoms with Gasteiger partial charge in [0.25, 0.3) is 0 Å². The van der Waals surface area contributed by atoms with Crippen molar-refractivity contribution in [2.75, 3.05) is 13.2 Å². The van der Waals surface area contributed by atoms with Gasteiger partial charge in [-0.05, 0) is 51.4 Å². The van der Waals surface area contributed by atoms with Crippen molar-refractivity contribution in [3.8, 4) is 0 Å². The van der Waals surface area contributed by atoms with Gasteiger partial charge in [-0.1, -0.05) is 159 Å². The van der Waals surface area contributed by atoms with E-state index in [9.17, 15) is 14.7 Å². The number of esters is 2. The largest absolute Gasteiger partial charge is 0.462 e. The van der Waals surface area contributed by atoms with Crippen molar-refractivity contribution in [3.05, 3.63) is 48.6 Å². The monoisotopic (exact) mass is 631 g/mol. The van der Waals surface area contributed by atoms with Gasteiger partial charge >= 0.3 is 11.9 Å². The molecule has 45 heavy (non-hydrogen) atoms. The molecule has 0 bridgehead atoms. The van der Waals surface area contributed by atoms with Gasteiger partial charge in [-0.3, -0.25) is 9.59 Å². The Bertz CT molecular complexity index is 767. The Morgan fingerprint density at radius 3 is 1.44 bits per heavy atom. The third-order valence-electron chi connectivity index (χ3n) is 7.89. The van der Waals surface area contributed by atoms with E-state index in [2.05, 4.69) is 62.5 Å². The number of carbonyl (C=O) groups is 2. The van der Waals surface area contributed by atoms with Crippen LogP contribution in [0.5, 0.6) is 0 Å². The molecule has 0 aliphatic rings. The van der Waals surface area contributed by atoms with E-state index in [1.807, 2.05) is 0 Å². The highest BCUT2D eigenvalue weighted by atomic mass is 16.6. The number of rotatable bonds is 33. The smallest absolute Gasteiger partial charge is 0.306 e. The van der Waals surface area contributed by atoms with E-state index in [1.54, 1.807) is 0 Å². The molecular formula is C40H70O5. The molecule has 1 unspecified atom stereocenters. The molecular weight excluding hydrogens is 560 g/mol. The molecule has 0 aromatic rings. The number of aliphatic hydroxyl groups is 1. The molecule has 5 heteroatoms. The summed E-state index contributed by atoms with van der Waals surface area (Å²) >= 11 is 0. The molecule has 0 aliphatic carbocycles. The highest BCUT2D eigenvalue weighted by Gasteiger charge is 2.16. The summed E-state index contributed by atoms with van der Waals surface area (Å²) in [7, 11) is 0. The van der Waals surface area contributed by atoms with Crippen LogP contribution in [0.4, 0.5) is 0 Å². The molecule has 1 N–H and O–H groups in total. The van der Waals surface area contributed by atoms with Crippen LogP contribution in [0.2, 0.25) is 0 Å². The highest BCUT2D eigenvalue weighted by Crippen LogP contribution is 2.14. The van der Waals surface area contributed by atoms with Gasteiger partial charge in [0.2, 0.25) is 0 Å². The van der Waals surface area contributed by atoms with Crippen LogP contribution in [0, 0.1) is 0 Å². The normalized spacial score (nSPS) is 12.7. The van der Waals surface area contributed by atoms with Gasteiger partial charge in [-0.2, -0.15) is 0 Å². The number of aliphatic hydroxyl groups excluding tert-OH is 1. The quantitative estimate of drug-likeness (QED) is 0.0444. The van der Waals surface area contributed by atoms with E-state index in [0.717, 1.165) is 77.0 Å². The Morgan fingerprint density at radius 1 is 0.533 bits per heavy atom. The van der Waals surface area contributed by atoms with Crippen LogP contribution >= 0.6 is 0 Å². The van der Waals surface area contributed by atoms with Crippen molar-refractivity contribution in [1.29, 1.82) is 0 Å². The third kappa shape index (κ3) is 34.6. The molecule has 0 saturated heterocycles. The lowest BCUT2D eigenvalue weighted by Gasteiger charge is -2.15. The summed E-state index contributed by atoms with van der Waals surface area (Å²) in [5.74, 6) is -0.618. The summed E-state index contributed by atoms with van der Waals surface area (Å²) in [5.41, 5.74) is 0. The van der Waals surface area contributed by atoms with Crippen LogP contribution in [0.15, 0.2) is 48.6 Å². The average molecular weight is 631 g/mol. The minimum Gasteiger partial charge on any atom is -0.462 e. The van der Waals surface area contributed by atoms with Crippen molar-refractivity contribution in [1.82, 2.24) is 0 Å². The minimum absolute atomic E-state index is 0.0749. The zero-order valence-corrected chi connectivity index (χ0v) is 29.4. The number of carbonyl (C=O) groups excluding carboxylic acids is 2. The van der Waals surface area contributed by atoms with Gasteiger partial charge in [-0.15, -0.1) is 0 Å². The van der Waals surface area contributed by atoms with E-state index in [1.165, 1.54) is 70.6 Å². The molecule has 0 rings (SSSR count). The fraction of sp³-hybridized carbons (Fsp3) is 0.750. The van der Waals surface area contributed by atoms with Gasteiger partial charge in [0.15, 0.2) is 6.10 Å². The molecule has 0 radical (unpaired) electrons. The number of hydrogen-bond donors (Lipinski definition) is 1. The van der Waals surface area contributed by atoms with Crippen LogP contribution in [-0.2, 0) is 19.1 Å². The van der Waals surface area contributed by atoms with Gasteiger partial charge in [0.1, 0.15) is 6.61 Å². The Labute approximate surface area is 278 Å². The fourth-order valence-corrected chi connectivity index (χ4v) is 5.07. The van der Waals surface area contributed by atoms with Crippen molar-refractivity contribution < 1.29 is 24.2 Å². The van der Waals surface area contributed by atoms with Crippen LogP contribution in [0.1, 0.15) is 174 Å². The van der Waals surface area contributed by atoms with Crippen molar-refractivity contribution in [2.45, 2.75) is 180 Å². The molecule has 0 heterocycles. The lowest BCUT2D eigenvalue weighted by Crippen LogP contribution is -2.28. The molecule has 0 amide bonds. The second-order valence-electron chi connectivity index (χ2n) is 12.3. The van der Waals surface area contributed by atoms with Crippen molar-refractivity contribution in [2.24, 2.45) is 0 Å². The summed E-state index contributed by atoms with van der Waals surface area (Å²) in [6.07, 6.45) is 44.5. The lowest BCUT2D eigenvalue weighted by molar-refractivity contribution is -0.161. The second-order valence-corrected chi connectivity index (χ2v) is 12.3. The van der Waals surface area contributed by atoms with E-state index < -0.39 is 6.10 Å². The van der Waals surface area contributed by atoms with E-state index in [4.69, 9.17) is 9.47 Å². The molecule has 1 atom stereocenters. The average Bonchev–Trinajstić information content (AvgIpc) is 3.04. The molecule has 0 aromatic heterocycles. The topological polar surface area (TPSA) is 72.8 Å². The molecule has 0 fully saturated rings. The van der Waals surface area contributed by atoms with Gasteiger partial charge in [-0.25, -0.2) is 0 Å². The first-order chi connectivity index (χ1) is 22.1. The summed E-state index contributed by atoms with van der Waals surface area (Å²) in [6, 6.07) is 0. The predicted molar refractivity (Wildman–Crippen MR) is 191 cm³/mol. The maximum absolute atomic E-state index is 12.1. The Balaban J connectivity index is 3.62. The van der Waals surface area contributed by atoms with Crippen LogP contribution < -0.4 is 0 Å². The zero-order chi connectivity index (χ0) is 32.9. The molecule has 0 aromatic carbocycles. The highest BCUT2D eigenvalue weighted by molar-refractivity contribution is 5.70. The number of allylic oxidation sites excluding steroid dienone is 8. The Kier molecular flexibility index (Phi) is 34.6. The SMILES string of the molecule is CC/C=C\C/C=C\C/C=C\C/C=C\CCCCCCC(=O)OC(CO)COC(=O)CCCCCCCCCCCCCCCC. The fourth-order valence-electron chi connectivity index (χ4n) is 5.07. The minimum atomic E-state index is -0.782. The molecule has 260 valence electrons. The van der Waals surface area contributed by atoms with Gasteiger partial charge < -0.3 is 14.6 Å². The van der Waals surface area contributed by atoms with E-state index >= 15 is 0 Å². The van der Waals surface area contributed by atoms with E-state index in [-0.39, 0.29) is 25.2 Å². The lowest BCUT2D eigenvalue weighted by atomic mass is 10.0. The summed E-state index contributed by atoms with van der Waals surface area (Å²) in [6.45, 7) is 4.00. The molecule has 0 aliphatic heterocycles. The maximum Gasteiger partial charge on any atom is 0.306 e. The first-order valence-electron chi connectivity index (χ1n) is 18.7. The van der Waals surface area contributed by atoms with Crippen LogP contribution in [0.3, 0.4) is 0 Å². The molecule has 0 saturated carbocycles. The van der Waals surface area contributed by atoms with Gasteiger partial charge in [0, 0.05) is 12.8 Å². The molecule has 0 spiro atoms. The third-order valence-corrected chi connectivity index (χ3v) is 7.89. The first kappa shape index (κ1) is 42.9. The number of ether oxygens (including phenoxy) is 2. The van der Waals surface area contributed by atoms with Gasteiger partial charge in [0.05, 0.1) is 6.61 Å². The number of unbranched alkanes of at least 4 members (excludes halogenated alkanes) is 17.